The molecule has 0 saturated carbocycles. The van der Waals surface area contributed by atoms with E-state index in [-0.39, 0.29) is 23.1 Å². The van der Waals surface area contributed by atoms with Gasteiger partial charge in [0.25, 0.3) is 0 Å². The molecule has 6 N–H and O–H groups in total. The summed E-state index contributed by atoms with van der Waals surface area (Å²) in [5.41, 5.74) is 9.87. The summed E-state index contributed by atoms with van der Waals surface area (Å²) in [5, 5.41) is 17.6. The fraction of sp³-hybridized carbons (Fsp3) is 0.300. The van der Waals surface area contributed by atoms with E-state index in [1.807, 2.05) is 13.8 Å². The monoisotopic (exact) mass is 214 g/mol. The molecule has 0 spiro atoms. The second-order valence-corrected chi connectivity index (χ2v) is 2.35. The highest BCUT2D eigenvalue weighted by molar-refractivity contribution is 5.70. The molecule has 0 aromatic heterocycles. The lowest BCUT2D eigenvalue weighted by Gasteiger charge is -1.96. The molecule has 1 aromatic carbocycles. The summed E-state index contributed by atoms with van der Waals surface area (Å²) < 4.78 is 0. The van der Waals surface area contributed by atoms with Crippen LogP contribution in [-0.4, -0.2) is 16.1 Å². The molecule has 0 heterocycles. The number of primary amides is 1. The average Bonchev–Trinajstić information content (AvgIpc) is 2.14. The van der Waals surface area contributed by atoms with Crippen LogP contribution in [0.25, 0.3) is 0 Å². The lowest BCUT2D eigenvalue weighted by molar-refractivity contribution is -0.115. The first kappa shape index (κ1) is 15.6. The van der Waals surface area contributed by atoms with Crippen molar-refractivity contribution in [2.75, 3.05) is 5.73 Å². The second-order valence-electron chi connectivity index (χ2n) is 2.35. The zero-order chi connectivity index (χ0) is 12.4. The lowest BCUT2D eigenvalue weighted by Crippen LogP contribution is -2.01. The molecule has 0 bridgehead atoms. The fourth-order valence-corrected chi connectivity index (χ4v) is 0.542. The van der Waals surface area contributed by atoms with Crippen molar-refractivity contribution in [3.63, 3.8) is 0 Å². The number of amides is 1. The van der Waals surface area contributed by atoms with Crippen LogP contribution in [-0.2, 0) is 4.79 Å². The molecule has 0 aliphatic rings. The average molecular weight is 214 g/mol. The number of anilines is 1. The molecule has 0 aliphatic carbocycles. The molecule has 1 amide bonds. The number of nitrogen functional groups attached to an aromatic ring is 1. The Hall–Kier alpha value is -1.91. The quantitative estimate of drug-likeness (QED) is 0.295. The maximum atomic E-state index is 9.22. The minimum Gasteiger partial charge on any atom is -0.508 e. The van der Waals surface area contributed by atoms with Crippen molar-refractivity contribution in [3.05, 3.63) is 18.2 Å². The van der Waals surface area contributed by atoms with E-state index in [1.165, 1.54) is 25.1 Å². The van der Waals surface area contributed by atoms with Crippen LogP contribution in [0, 0.1) is 0 Å². The molecule has 0 unspecified atom stereocenters. The molecule has 5 heteroatoms. The molecule has 15 heavy (non-hydrogen) atoms. The molecule has 1 aromatic rings. The van der Waals surface area contributed by atoms with Crippen molar-refractivity contribution < 1.29 is 15.0 Å². The Bertz CT molecular complexity index is 297. The van der Waals surface area contributed by atoms with E-state index in [0.717, 1.165) is 0 Å². The summed E-state index contributed by atoms with van der Waals surface area (Å²) in [5.74, 6) is -0.280. The molecule has 5 nitrogen and oxygen atoms in total. The third-order valence-corrected chi connectivity index (χ3v) is 1.01. The summed E-state index contributed by atoms with van der Waals surface area (Å²) in [4.78, 5) is 9.22. The van der Waals surface area contributed by atoms with Crippen molar-refractivity contribution in [3.8, 4) is 11.5 Å². The highest BCUT2D eigenvalue weighted by Crippen LogP contribution is 2.23. The van der Waals surface area contributed by atoms with Gasteiger partial charge in [0.15, 0.2) is 0 Å². The number of aromatic hydroxyl groups is 2. The predicted octanol–water partition coefficient (Wildman–Crippen LogP) is 1.20. The number of phenols is 2. The van der Waals surface area contributed by atoms with Gasteiger partial charge < -0.3 is 21.7 Å². The van der Waals surface area contributed by atoms with Gasteiger partial charge in [-0.25, -0.2) is 0 Å². The molecule has 0 saturated heterocycles. The summed E-state index contributed by atoms with van der Waals surface area (Å²) in [6, 6.07) is 3.99. The molecule has 86 valence electrons. The highest BCUT2D eigenvalue weighted by Gasteiger charge is 1.94. The van der Waals surface area contributed by atoms with Crippen molar-refractivity contribution in [2.24, 2.45) is 5.73 Å². The molecule has 0 atom stereocenters. The van der Waals surface area contributed by atoms with Gasteiger partial charge in [-0.15, -0.1) is 0 Å². The topological polar surface area (TPSA) is 110 Å². The lowest BCUT2D eigenvalue weighted by atomic mass is 10.3. The Balaban J connectivity index is 0. The minimum atomic E-state index is -0.333. The SMILES string of the molecule is CC.CC(N)=O.Nc1cc(O)ccc1O. The molecular formula is C10H18N2O3. The van der Waals surface area contributed by atoms with Gasteiger partial charge in [-0.1, -0.05) is 13.8 Å². The van der Waals surface area contributed by atoms with Crippen molar-refractivity contribution >= 4 is 11.6 Å². The first-order chi connectivity index (χ1) is 6.93. The Morgan fingerprint density at radius 2 is 1.67 bits per heavy atom. The smallest absolute Gasteiger partial charge is 0.214 e. The van der Waals surface area contributed by atoms with Crippen LogP contribution < -0.4 is 11.5 Å². The summed E-state index contributed by atoms with van der Waals surface area (Å²) in [6.07, 6.45) is 0. The van der Waals surface area contributed by atoms with Crippen molar-refractivity contribution in [1.29, 1.82) is 0 Å². The van der Waals surface area contributed by atoms with Gasteiger partial charge in [-0.3, -0.25) is 4.79 Å². The van der Waals surface area contributed by atoms with E-state index in [1.54, 1.807) is 0 Å². The van der Waals surface area contributed by atoms with Crippen molar-refractivity contribution in [1.82, 2.24) is 0 Å². The summed E-state index contributed by atoms with van der Waals surface area (Å²) in [7, 11) is 0. The second kappa shape index (κ2) is 8.68. The first-order valence-electron chi connectivity index (χ1n) is 4.47. The van der Waals surface area contributed by atoms with E-state index in [4.69, 9.17) is 15.9 Å². The van der Waals surface area contributed by atoms with Gasteiger partial charge in [-0.2, -0.15) is 0 Å². The number of rotatable bonds is 0. The zero-order valence-electron chi connectivity index (χ0n) is 9.19. The Morgan fingerprint density at radius 1 is 1.27 bits per heavy atom. The number of benzene rings is 1. The van der Waals surface area contributed by atoms with Crippen LogP contribution in [0.3, 0.4) is 0 Å². The maximum Gasteiger partial charge on any atom is 0.214 e. The zero-order valence-corrected chi connectivity index (χ0v) is 9.19. The summed E-state index contributed by atoms with van der Waals surface area (Å²) in [6.45, 7) is 5.31. The minimum absolute atomic E-state index is 0.00667. The van der Waals surface area contributed by atoms with E-state index in [2.05, 4.69) is 5.73 Å². The van der Waals surface area contributed by atoms with Crippen molar-refractivity contribution in [2.45, 2.75) is 20.8 Å². The normalized spacial score (nSPS) is 7.67. The molecule has 0 fully saturated rings. The predicted molar refractivity (Wildman–Crippen MR) is 60.4 cm³/mol. The van der Waals surface area contributed by atoms with Gasteiger partial charge in [0, 0.05) is 13.0 Å². The van der Waals surface area contributed by atoms with Gasteiger partial charge in [-0.05, 0) is 12.1 Å². The van der Waals surface area contributed by atoms with Crippen LogP contribution >= 0.6 is 0 Å². The van der Waals surface area contributed by atoms with Gasteiger partial charge >= 0.3 is 0 Å². The first-order valence-corrected chi connectivity index (χ1v) is 4.47. The number of nitrogens with two attached hydrogens (primary N) is 2. The highest BCUT2D eigenvalue weighted by atomic mass is 16.3. The van der Waals surface area contributed by atoms with E-state index in [9.17, 15) is 4.79 Å². The van der Waals surface area contributed by atoms with Crippen LogP contribution in [0.1, 0.15) is 20.8 Å². The number of carbonyl (C=O) groups excluding carboxylic acids is 1. The van der Waals surface area contributed by atoms with Crippen LogP contribution in [0.2, 0.25) is 0 Å². The Kier molecular flexibility index (Phi) is 9.00. The Labute approximate surface area is 89.3 Å². The summed E-state index contributed by atoms with van der Waals surface area (Å²) >= 11 is 0. The van der Waals surface area contributed by atoms with E-state index in [0.29, 0.717) is 0 Å². The number of hydrogen-bond donors (Lipinski definition) is 4. The van der Waals surface area contributed by atoms with Gasteiger partial charge in [0.2, 0.25) is 5.91 Å². The maximum absolute atomic E-state index is 9.22. The third kappa shape index (κ3) is 10.0. The number of phenolic OH excluding ortho intramolecular Hbond substituents is 2. The van der Waals surface area contributed by atoms with E-state index >= 15 is 0 Å². The molecular weight excluding hydrogens is 196 g/mol. The van der Waals surface area contributed by atoms with Gasteiger partial charge in [0.05, 0.1) is 5.69 Å². The largest absolute Gasteiger partial charge is 0.508 e. The molecule has 1 rings (SSSR count). The Morgan fingerprint density at radius 3 is 1.93 bits per heavy atom. The fourth-order valence-electron chi connectivity index (χ4n) is 0.542. The van der Waals surface area contributed by atoms with Crippen LogP contribution in [0.4, 0.5) is 5.69 Å². The third-order valence-electron chi connectivity index (χ3n) is 1.01. The van der Waals surface area contributed by atoms with E-state index < -0.39 is 0 Å². The number of carbonyl (C=O) groups is 1. The van der Waals surface area contributed by atoms with Crippen LogP contribution in [0.15, 0.2) is 18.2 Å². The van der Waals surface area contributed by atoms with Crippen LogP contribution in [0.5, 0.6) is 11.5 Å². The standard InChI is InChI=1S/C6H7NO2.C2H5NO.C2H6/c7-5-3-4(8)1-2-6(5)9;1-2(3)4;1-2/h1-3,8-9H,7H2;1H3,(H2,3,4);1-2H3. The molecule has 0 aliphatic heterocycles. The van der Waals surface area contributed by atoms with Gasteiger partial charge in [0.1, 0.15) is 11.5 Å². The number of hydrogen-bond acceptors (Lipinski definition) is 4. The molecule has 0 radical (unpaired) electrons.